The summed E-state index contributed by atoms with van der Waals surface area (Å²) >= 11 is 1.46. The quantitative estimate of drug-likeness (QED) is 0.272. The minimum absolute atomic E-state index is 0.0548. The molecule has 0 atom stereocenters. The smallest absolute Gasteiger partial charge is 0.405 e. The fourth-order valence-corrected chi connectivity index (χ4v) is 4.66. The summed E-state index contributed by atoms with van der Waals surface area (Å²) in [5, 5.41) is 3.34. The first-order valence-corrected chi connectivity index (χ1v) is 11.5. The van der Waals surface area contributed by atoms with Crippen molar-refractivity contribution < 1.29 is 26.7 Å². The summed E-state index contributed by atoms with van der Waals surface area (Å²) in [7, 11) is 0. The SMILES string of the molecule is Cc1nc2ccc(-n3cc4cnc(NCC(F)(F)F)nc4c(-c4ccc(OC(F)F)cc4)c3=O)cc2s1. The molecule has 0 bridgehead atoms. The van der Waals surface area contributed by atoms with E-state index in [9.17, 15) is 26.7 Å². The molecular weight excluding hydrogens is 517 g/mol. The largest absolute Gasteiger partial charge is 0.435 e. The maximum atomic E-state index is 13.8. The highest BCUT2D eigenvalue weighted by Crippen LogP contribution is 2.29. The number of rotatable bonds is 6. The average molecular weight is 533 g/mol. The van der Waals surface area contributed by atoms with E-state index in [1.807, 2.05) is 6.92 Å². The van der Waals surface area contributed by atoms with Crippen LogP contribution in [0.25, 0.3) is 37.9 Å². The van der Waals surface area contributed by atoms with Crippen molar-refractivity contribution in [2.75, 3.05) is 11.9 Å². The maximum absolute atomic E-state index is 13.8. The predicted molar refractivity (Wildman–Crippen MR) is 130 cm³/mol. The first-order chi connectivity index (χ1) is 17.6. The van der Waals surface area contributed by atoms with Crippen molar-refractivity contribution in [1.29, 1.82) is 0 Å². The highest BCUT2D eigenvalue weighted by molar-refractivity contribution is 7.18. The molecule has 1 N–H and O–H groups in total. The molecule has 0 aliphatic carbocycles. The average Bonchev–Trinajstić information content (AvgIpc) is 3.21. The summed E-state index contributed by atoms with van der Waals surface area (Å²) in [4.78, 5) is 26.3. The Bertz CT molecular complexity index is 1670. The molecule has 5 aromatic rings. The summed E-state index contributed by atoms with van der Waals surface area (Å²) in [6.07, 6.45) is -1.69. The van der Waals surface area contributed by atoms with Crippen molar-refractivity contribution in [2.24, 2.45) is 0 Å². The van der Waals surface area contributed by atoms with Gasteiger partial charge in [-0.1, -0.05) is 12.1 Å². The lowest BCUT2D eigenvalue weighted by atomic mass is 10.0. The Kier molecular flexibility index (Phi) is 6.23. The third kappa shape index (κ3) is 5.21. The molecule has 0 saturated heterocycles. The summed E-state index contributed by atoms with van der Waals surface area (Å²) in [5.74, 6) is -0.435. The fraction of sp³-hybridized carbons (Fsp3) is 0.167. The van der Waals surface area contributed by atoms with Gasteiger partial charge in [0.05, 0.1) is 32.0 Å². The van der Waals surface area contributed by atoms with Gasteiger partial charge in [-0.05, 0) is 42.8 Å². The number of alkyl halides is 5. The number of halogens is 5. The zero-order valence-corrected chi connectivity index (χ0v) is 19.7. The number of nitrogens with zero attached hydrogens (tertiary/aromatic N) is 4. The molecule has 0 unspecified atom stereocenters. The van der Waals surface area contributed by atoms with Crippen LogP contribution >= 0.6 is 11.3 Å². The lowest BCUT2D eigenvalue weighted by Crippen LogP contribution is -2.23. The lowest BCUT2D eigenvalue weighted by molar-refractivity contribution is -0.115. The molecule has 3 aromatic heterocycles. The molecule has 0 aliphatic rings. The molecule has 0 saturated carbocycles. The van der Waals surface area contributed by atoms with Gasteiger partial charge in [0, 0.05) is 17.8 Å². The Hall–Kier alpha value is -4.13. The molecule has 0 fully saturated rings. The number of hydrogen-bond acceptors (Lipinski definition) is 7. The Balaban J connectivity index is 1.69. The minimum Gasteiger partial charge on any atom is -0.435 e. The van der Waals surface area contributed by atoms with Crippen LogP contribution < -0.4 is 15.6 Å². The molecule has 37 heavy (non-hydrogen) atoms. The monoisotopic (exact) mass is 533 g/mol. The number of hydrogen-bond donors (Lipinski definition) is 1. The molecule has 0 radical (unpaired) electrons. The van der Waals surface area contributed by atoms with Crippen LogP contribution in [0, 0.1) is 6.92 Å². The standard InChI is InChI=1S/C24H16F5N5O2S/c1-12-32-17-7-4-15(8-18(17)37-12)34-10-14-9-30-23(31-11-24(27,28)29)33-20(14)19(21(34)35)13-2-5-16(6-3-13)36-22(25)26/h2-10,22H,11H2,1H3,(H,31,33). The van der Waals surface area contributed by atoms with E-state index in [-0.39, 0.29) is 22.8 Å². The van der Waals surface area contributed by atoms with Gasteiger partial charge in [0.15, 0.2) is 0 Å². The maximum Gasteiger partial charge on any atom is 0.405 e. The van der Waals surface area contributed by atoms with E-state index in [1.165, 1.54) is 52.6 Å². The van der Waals surface area contributed by atoms with Crippen molar-refractivity contribution in [3.8, 4) is 22.6 Å². The van der Waals surface area contributed by atoms with Crippen molar-refractivity contribution in [3.05, 3.63) is 70.2 Å². The number of ether oxygens (including phenoxy) is 1. The number of fused-ring (bicyclic) bond motifs is 2. The third-order valence-electron chi connectivity index (χ3n) is 5.33. The summed E-state index contributed by atoms with van der Waals surface area (Å²) in [6, 6.07) is 10.6. The Labute approximate surface area is 209 Å². The molecule has 7 nitrogen and oxygen atoms in total. The van der Waals surface area contributed by atoms with E-state index >= 15 is 0 Å². The molecule has 5 rings (SSSR count). The topological polar surface area (TPSA) is 81.9 Å². The van der Waals surface area contributed by atoms with Gasteiger partial charge in [0.2, 0.25) is 5.95 Å². The van der Waals surface area contributed by atoms with Gasteiger partial charge in [-0.3, -0.25) is 9.36 Å². The van der Waals surface area contributed by atoms with Gasteiger partial charge in [0.1, 0.15) is 12.3 Å². The number of benzene rings is 2. The highest BCUT2D eigenvalue weighted by atomic mass is 32.1. The van der Waals surface area contributed by atoms with E-state index in [1.54, 1.807) is 18.2 Å². The molecule has 13 heteroatoms. The molecule has 0 aliphatic heterocycles. The number of pyridine rings is 1. The van der Waals surface area contributed by atoms with E-state index in [2.05, 4.69) is 25.0 Å². The van der Waals surface area contributed by atoms with Crippen LogP contribution in [0.2, 0.25) is 0 Å². The molecule has 3 heterocycles. The van der Waals surface area contributed by atoms with Crippen molar-refractivity contribution in [1.82, 2.24) is 19.5 Å². The number of aromatic nitrogens is 4. The van der Waals surface area contributed by atoms with Crippen molar-refractivity contribution in [3.63, 3.8) is 0 Å². The van der Waals surface area contributed by atoms with Crippen LogP contribution in [0.4, 0.5) is 27.9 Å². The van der Waals surface area contributed by atoms with E-state index < -0.39 is 24.9 Å². The Morgan fingerprint density at radius 2 is 1.86 bits per heavy atom. The second-order valence-corrected chi connectivity index (χ2v) is 9.17. The van der Waals surface area contributed by atoms with Crippen LogP contribution in [-0.2, 0) is 0 Å². The number of thiazole rings is 1. The van der Waals surface area contributed by atoms with E-state index in [0.29, 0.717) is 16.6 Å². The van der Waals surface area contributed by atoms with Crippen LogP contribution in [0.5, 0.6) is 5.75 Å². The number of anilines is 1. The first kappa shape index (κ1) is 24.6. The summed E-state index contributed by atoms with van der Waals surface area (Å²) < 4.78 is 69.9. The van der Waals surface area contributed by atoms with E-state index in [4.69, 9.17) is 0 Å². The van der Waals surface area contributed by atoms with Crippen LogP contribution in [0.1, 0.15) is 5.01 Å². The van der Waals surface area contributed by atoms with Gasteiger partial charge >= 0.3 is 12.8 Å². The zero-order chi connectivity index (χ0) is 26.3. The number of nitrogens with one attached hydrogen (secondary N) is 1. The molecule has 2 aromatic carbocycles. The van der Waals surface area contributed by atoms with Gasteiger partial charge in [-0.25, -0.2) is 15.0 Å². The molecule has 0 amide bonds. The van der Waals surface area contributed by atoms with Crippen molar-refractivity contribution in [2.45, 2.75) is 19.7 Å². The molecular formula is C24H16F5N5O2S. The zero-order valence-electron chi connectivity index (χ0n) is 18.9. The normalized spacial score (nSPS) is 12.0. The van der Waals surface area contributed by atoms with Crippen LogP contribution in [-0.4, -0.2) is 38.9 Å². The molecule has 190 valence electrons. The van der Waals surface area contributed by atoms with Crippen LogP contribution in [0.15, 0.2) is 59.7 Å². The minimum atomic E-state index is -4.50. The third-order valence-corrected chi connectivity index (χ3v) is 6.26. The predicted octanol–water partition coefficient (Wildman–Crippen LogP) is 5.94. The Morgan fingerprint density at radius 3 is 2.57 bits per heavy atom. The van der Waals surface area contributed by atoms with Crippen molar-refractivity contribution >= 4 is 38.4 Å². The van der Waals surface area contributed by atoms with Gasteiger partial charge in [-0.15, -0.1) is 11.3 Å². The highest BCUT2D eigenvalue weighted by Gasteiger charge is 2.27. The summed E-state index contributed by atoms with van der Waals surface area (Å²) in [5.41, 5.74) is 1.24. The summed E-state index contributed by atoms with van der Waals surface area (Å²) in [6.45, 7) is -2.52. The first-order valence-electron chi connectivity index (χ1n) is 10.7. The van der Waals surface area contributed by atoms with Gasteiger partial charge < -0.3 is 10.1 Å². The molecule has 0 spiro atoms. The van der Waals surface area contributed by atoms with Gasteiger partial charge in [-0.2, -0.15) is 22.0 Å². The second-order valence-electron chi connectivity index (χ2n) is 7.93. The second kappa shape index (κ2) is 9.39. The lowest BCUT2D eigenvalue weighted by Gasteiger charge is -2.14. The Morgan fingerprint density at radius 1 is 1.11 bits per heavy atom. The van der Waals surface area contributed by atoms with Crippen LogP contribution in [0.3, 0.4) is 0 Å². The fourth-order valence-electron chi connectivity index (χ4n) is 3.80. The van der Waals surface area contributed by atoms with Gasteiger partial charge in [0.25, 0.3) is 5.56 Å². The van der Waals surface area contributed by atoms with E-state index in [0.717, 1.165) is 15.2 Å². The number of aryl methyl sites for hydroxylation is 1.